The highest BCUT2D eigenvalue weighted by molar-refractivity contribution is 7.15. The third kappa shape index (κ3) is 4.82. The fourth-order valence-electron chi connectivity index (χ4n) is 4.14. The zero-order chi connectivity index (χ0) is 23.5. The van der Waals surface area contributed by atoms with Gasteiger partial charge >= 0.3 is 0 Å². The summed E-state index contributed by atoms with van der Waals surface area (Å²) in [5.74, 6) is 0.486. The Morgan fingerprint density at radius 2 is 1.91 bits per heavy atom. The van der Waals surface area contributed by atoms with Crippen LogP contribution in [0.3, 0.4) is 0 Å². The zero-order valence-electron chi connectivity index (χ0n) is 19.0. The number of thiazole rings is 1. The molecule has 1 aliphatic rings. The van der Waals surface area contributed by atoms with Crippen LogP contribution >= 0.6 is 11.3 Å². The van der Waals surface area contributed by atoms with Crippen molar-refractivity contribution in [2.45, 2.75) is 26.2 Å². The first-order valence-corrected chi connectivity index (χ1v) is 12.3. The molecule has 0 radical (unpaired) electrons. The molecule has 1 saturated heterocycles. The fourth-order valence-corrected chi connectivity index (χ4v) is 4.99. The van der Waals surface area contributed by atoms with E-state index in [1.54, 1.807) is 0 Å². The number of anilines is 1. The van der Waals surface area contributed by atoms with Gasteiger partial charge in [0.05, 0.1) is 5.69 Å². The van der Waals surface area contributed by atoms with Crippen LogP contribution in [-0.2, 0) is 4.79 Å². The highest BCUT2D eigenvalue weighted by Crippen LogP contribution is 2.27. The highest BCUT2D eigenvalue weighted by Gasteiger charge is 2.22. The molecule has 0 atom stereocenters. The normalized spacial score (nSPS) is 13.7. The van der Waals surface area contributed by atoms with Crippen molar-refractivity contribution in [2.75, 3.05) is 25.0 Å². The SMILES string of the molecule is Cc1cccc(OCC(=O)Nc2cccc(-c3cn4c(C(=O)N5CCCCC5)csc4n3)c2)c1. The van der Waals surface area contributed by atoms with Crippen LogP contribution in [0.4, 0.5) is 5.69 Å². The molecule has 2 aromatic carbocycles. The number of imidazole rings is 1. The van der Waals surface area contributed by atoms with Gasteiger partial charge in [0.25, 0.3) is 11.8 Å². The van der Waals surface area contributed by atoms with Gasteiger partial charge in [-0.05, 0) is 56.0 Å². The molecule has 4 aromatic rings. The van der Waals surface area contributed by atoms with Gasteiger partial charge in [-0.25, -0.2) is 4.98 Å². The second-order valence-corrected chi connectivity index (χ2v) is 9.32. The molecule has 0 saturated carbocycles. The number of piperidine rings is 1. The van der Waals surface area contributed by atoms with Crippen molar-refractivity contribution in [2.24, 2.45) is 0 Å². The molecule has 1 N–H and O–H groups in total. The lowest BCUT2D eigenvalue weighted by molar-refractivity contribution is -0.118. The Morgan fingerprint density at radius 1 is 1.09 bits per heavy atom. The van der Waals surface area contributed by atoms with E-state index in [-0.39, 0.29) is 18.4 Å². The average Bonchev–Trinajstić information content (AvgIpc) is 3.44. The number of hydrogen-bond acceptors (Lipinski definition) is 5. The lowest BCUT2D eigenvalue weighted by Crippen LogP contribution is -2.36. The van der Waals surface area contributed by atoms with Crippen LogP contribution in [0.1, 0.15) is 35.3 Å². The number of fused-ring (bicyclic) bond motifs is 1. The van der Waals surface area contributed by atoms with E-state index >= 15 is 0 Å². The number of hydrogen-bond donors (Lipinski definition) is 1. The topological polar surface area (TPSA) is 75.9 Å². The Morgan fingerprint density at radius 3 is 2.74 bits per heavy atom. The predicted octanol–water partition coefficient (Wildman–Crippen LogP) is 5.01. The molecule has 5 rings (SSSR count). The summed E-state index contributed by atoms with van der Waals surface area (Å²) in [5, 5.41) is 4.76. The number of aromatic nitrogens is 2. The molecule has 3 heterocycles. The number of carbonyl (C=O) groups excluding carboxylic acids is 2. The second-order valence-electron chi connectivity index (χ2n) is 8.49. The van der Waals surface area contributed by atoms with Crippen LogP contribution in [0.5, 0.6) is 5.75 Å². The minimum absolute atomic E-state index is 0.0597. The average molecular weight is 475 g/mol. The Bertz CT molecular complexity index is 1340. The van der Waals surface area contributed by atoms with Crippen molar-refractivity contribution < 1.29 is 14.3 Å². The molecular formula is C26H26N4O3S. The summed E-state index contributed by atoms with van der Waals surface area (Å²) in [6, 6.07) is 15.1. The Kier molecular flexibility index (Phi) is 6.31. The minimum atomic E-state index is -0.237. The highest BCUT2D eigenvalue weighted by atomic mass is 32.1. The monoisotopic (exact) mass is 474 g/mol. The maximum atomic E-state index is 13.0. The molecular weight excluding hydrogens is 448 g/mol. The van der Waals surface area contributed by atoms with Crippen LogP contribution in [0, 0.1) is 6.92 Å². The Labute approximate surface area is 202 Å². The van der Waals surface area contributed by atoms with E-state index < -0.39 is 0 Å². The van der Waals surface area contributed by atoms with Crippen molar-refractivity contribution in [3.05, 3.63) is 71.4 Å². The summed E-state index contributed by atoms with van der Waals surface area (Å²) < 4.78 is 7.46. The van der Waals surface area contributed by atoms with Crippen LogP contribution in [0.25, 0.3) is 16.2 Å². The van der Waals surface area contributed by atoms with E-state index in [1.165, 1.54) is 17.8 Å². The lowest BCUT2D eigenvalue weighted by atomic mass is 10.1. The quantitative estimate of drug-likeness (QED) is 0.426. The number of nitrogens with one attached hydrogen (secondary N) is 1. The molecule has 34 heavy (non-hydrogen) atoms. The Balaban J connectivity index is 1.29. The largest absolute Gasteiger partial charge is 0.484 e. The summed E-state index contributed by atoms with van der Waals surface area (Å²) >= 11 is 1.46. The van der Waals surface area contributed by atoms with Gasteiger partial charge in [-0.2, -0.15) is 0 Å². The summed E-state index contributed by atoms with van der Waals surface area (Å²) in [6.07, 6.45) is 5.19. The summed E-state index contributed by atoms with van der Waals surface area (Å²) in [4.78, 5) is 32.8. The van der Waals surface area contributed by atoms with Gasteiger partial charge in [-0.1, -0.05) is 24.3 Å². The first kappa shape index (κ1) is 22.2. The lowest BCUT2D eigenvalue weighted by Gasteiger charge is -2.26. The molecule has 0 unspecified atom stereocenters. The first-order chi connectivity index (χ1) is 16.6. The van der Waals surface area contributed by atoms with Gasteiger partial charge in [-0.3, -0.25) is 14.0 Å². The van der Waals surface area contributed by atoms with Crippen molar-refractivity contribution in [1.82, 2.24) is 14.3 Å². The first-order valence-electron chi connectivity index (χ1n) is 11.4. The van der Waals surface area contributed by atoms with E-state index in [0.717, 1.165) is 47.7 Å². The van der Waals surface area contributed by atoms with Gasteiger partial charge in [0.1, 0.15) is 11.4 Å². The van der Waals surface area contributed by atoms with Crippen LogP contribution in [0.2, 0.25) is 0 Å². The summed E-state index contributed by atoms with van der Waals surface area (Å²) in [7, 11) is 0. The number of nitrogens with zero attached hydrogens (tertiary/aromatic N) is 3. The summed E-state index contributed by atoms with van der Waals surface area (Å²) in [5.41, 5.74) is 4.01. The molecule has 2 aromatic heterocycles. The number of amides is 2. The van der Waals surface area contributed by atoms with Gasteiger partial charge in [0.2, 0.25) is 0 Å². The maximum absolute atomic E-state index is 13.0. The zero-order valence-corrected chi connectivity index (χ0v) is 19.8. The molecule has 2 amide bonds. The van der Waals surface area contributed by atoms with E-state index in [0.29, 0.717) is 17.1 Å². The van der Waals surface area contributed by atoms with Crippen molar-refractivity contribution in [3.63, 3.8) is 0 Å². The molecule has 0 aliphatic carbocycles. The van der Waals surface area contributed by atoms with E-state index in [4.69, 9.17) is 9.72 Å². The van der Waals surface area contributed by atoms with Crippen LogP contribution in [0.15, 0.2) is 60.1 Å². The van der Waals surface area contributed by atoms with Crippen LogP contribution < -0.4 is 10.1 Å². The smallest absolute Gasteiger partial charge is 0.271 e. The number of carbonyl (C=O) groups is 2. The number of likely N-dealkylation sites (tertiary alicyclic amines) is 1. The standard InChI is InChI=1S/C26H26N4O3S/c1-18-7-5-10-21(13-18)33-16-24(31)27-20-9-6-8-19(14-20)22-15-30-23(17-34-26(30)28-22)25(32)29-11-3-2-4-12-29/h5-10,13-15,17H,2-4,11-12,16H2,1H3,(H,27,31). The van der Waals surface area contributed by atoms with E-state index in [2.05, 4.69) is 5.32 Å². The summed E-state index contributed by atoms with van der Waals surface area (Å²) in [6.45, 7) is 3.53. The van der Waals surface area contributed by atoms with Gasteiger partial charge in [0.15, 0.2) is 11.6 Å². The number of aryl methyl sites for hydroxylation is 1. The molecule has 0 spiro atoms. The van der Waals surface area contributed by atoms with Crippen molar-refractivity contribution >= 4 is 33.8 Å². The molecule has 174 valence electrons. The predicted molar refractivity (Wildman–Crippen MR) is 134 cm³/mol. The second kappa shape index (κ2) is 9.69. The molecule has 0 bridgehead atoms. The van der Waals surface area contributed by atoms with Gasteiger partial charge in [-0.15, -0.1) is 11.3 Å². The van der Waals surface area contributed by atoms with Crippen LogP contribution in [-0.4, -0.2) is 45.8 Å². The third-order valence-electron chi connectivity index (χ3n) is 5.87. The number of rotatable bonds is 6. The molecule has 1 fully saturated rings. The van der Waals surface area contributed by atoms with E-state index in [9.17, 15) is 9.59 Å². The molecule has 8 heteroatoms. The number of ether oxygens (including phenoxy) is 1. The minimum Gasteiger partial charge on any atom is -0.484 e. The fraction of sp³-hybridized carbons (Fsp3) is 0.269. The maximum Gasteiger partial charge on any atom is 0.271 e. The van der Waals surface area contributed by atoms with Gasteiger partial charge < -0.3 is 15.0 Å². The number of benzene rings is 2. The third-order valence-corrected chi connectivity index (χ3v) is 6.71. The Hall–Kier alpha value is -3.65. The van der Waals surface area contributed by atoms with Crippen molar-refractivity contribution in [3.8, 4) is 17.0 Å². The van der Waals surface area contributed by atoms with E-state index in [1.807, 2.05) is 76.3 Å². The van der Waals surface area contributed by atoms with Gasteiger partial charge in [0, 0.05) is 35.9 Å². The molecule has 7 nitrogen and oxygen atoms in total. The van der Waals surface area contributed by atoms with Crippen molar-refractivity contribution in [1.29, 1.82) is 0 Å². The molecule has 1 aliphatic heterocycles.